The summed E-state index contributed by atoms with van der Waals surface area (Å²) in [6, 6.07) is 1.93. The van der Waals surface area contributed by atoms with Crippen LogP contribution in [0.5, 0.6) is 0 Å². The Hall–Kier alpha value is -1.78. The highest BCUT2D eigenvalue weighted by Crippen LogP contribution is 2.27. The van der Waals surface area contributed by atoms with Gasteiger partial charge in [0.25, 0.3) is 0 Å². The van der Waals surface area contributed by atoms with Crippen LogP contribution in [-0.2, 0) is 4.79 Å². The van der Waals surface area contributed by atoms with Gasteiger partial charge in [-0.2, -0.15) is 0 Å². The maximum atomic E-state index is 10.9. The number of carbonyl (C=O) groups excluding carboxylic acids is 1. The van der Waals surface area contributed by atoms with E-state index in [0.717, 1.165) is 49.5 Å². The lowest BCUT2D eigenvalue weighted by Gasteiger charge is -2.33. The van der Waals surface area contributed by atoms with Crippen LogP contribution in [-0.4, -0.2) is 30.5 Å². The molecule has 1 aliphatic heterocycles. The number of rotatable bonds is 3. The summed E-state index contributed by atoms with van der Waals surface area (Å²) in [6.45, 7) is 6.24. The van der Waals surface area contributed by atoms with Crippen molar-refractivity contribution >= 4 is 17.4 Å². The summed E-state index contributed by atoms with van der Waals surface area (Å²) in [5, 5.41) is 2.89. The Morgan fingerprint density at radius 1 is 1.53 bits per heavy atom. The predicted octanol–water partition coefficient (Wildman–Crippen LogP) is 1.32. The first-order chi connectivity index (χ1) is 9.08. The standard InChI is InChI=1S/C14H22N4O/c1-10-3-6-16-14(13(10)15)18-7-4-12(5-8-18)9-17-11(2)19/h3,6,12H,4-5,7-9,15H2,1-2H3,(H,17,19). The number of nitrogens with two attached hydrogens (primary N) is 1. The molecule has 0 saturated carbocycles. The number of nitrogens with one attached hydrogen (secondary N) is 1. The zero-order valence-electron chi connectivity index (χ0n) is 11.6. The minimum Gasteiger partial charge on any atom is -0.396 e. The molecule has 1 saturated heterocycles. The molecule has 1 aromatic heterocycles. The summed E-state index contributed by atoms with van der Waals surface area (Å²) >= 11 is 0. The Labute approximate surface area is 114 Å². The van der Waals surface area contributed by atoms with Gasteiger partial charge < -0.3 is 16.0 Å². The average Bonchev–Trinajstić information content (AvgIpc) is 2.40. The van der Waals surface area contributed by atoms with E-state index in [2.05, 4.69) is 15.2 Å². The van der Waals surface area contributed by atoms with Crippen LogP contribution in [0.2, 0.25) is 0 Å². The van der Waals surface area contributed by atoms with Crippen LogP contribution in [0.3, 0.4) is 0 Å². The summed E-state index contributed by atoms with van der Waals surface area (Å²) in [5.74, 6) is 1.51. The lowest BCUT2D eigenvalue weighted by Crippen LogP contribution is -2.38. The number of carbonyl (C=O) groups is 1. The average molecular weight is 262 g/mol. The number of pyridine rings is 1. The first kappa shape index (κ1) is 13.6. The van der Waals surface area contributed by atoms with Crippen molar-refractivity contribution in [3.05, 3.63) is 17.8 Å². The van der Waals surface area contributed by atoms with E-state index in [0.29, 0.717) is 5.92 Å². The number of nitrogen functional groups attached to an aromatic ring is 1. The Morgan fingerprint density at radius 2 is 2.21 bits per heavy atom. The zero-order valence-corrected chi connectivity index (χ0v) is 11.6. The van der Waals surface area contributed by atoms with Crippen molar-refractivity contribution in [2.24, 2.45) is 5.92 Å². The van der Waals surface area contributed by atoms with Gasteiger partial charge in [-0.25, -0.2) is 4.98 Å². The molecule has 5 nitrogen and oxygen atoms in total. The maximum Gasteiger partial charge on any atom is 0.216 e. The molecule has 0 bridgehead atoms. The highest BCUT2D eigenvalue weighted by atomic mass is 16.1. The second kappa shape index (κ2) is 5.91. The van der Waals surface area contributed by atoms with Gasteiger partial charge in [0.2, 0.25) is 5.91 Å². The molecule has 2 rings (SSSR count). The zero-order chi connectivity index (χ0) is 13.8. The van der Waals surface area contributed by atoms with Gasteiger partial charge in [0.15, 0.2) is 5.82 Å². The molecule has 0 unspecified atom stereocenters. The molecular weight excluding hydrogens is 240 g/mol. The minimum atomic E-state index is 0.0482. The molecule has 2 heterocycles. The Kier molecular flexibility index (Phi) is 4.24. The fraction of sp³-hybridized carbons (Fsp3) is 0.571. The lowest BCUT2D eigenvalue weighted by atomic mass is 9.96. The summed E-state index contributed by atoms with van der Waals surface area (Å²) in [7, 11) is 0. The Morgan fingerprint density at radius 3 is 2.84 bits per heavy atom. The van der Waals surface area contributed by atoms with Gasteiger partial charge in [0.1, 0.15) is 0 Å². The smallest absolute Gasteiger partial charge is 0.216 e. The Bertz CT molecular complexity index is 453. The van der Waals surface area contributed by atoms with Crippen molar-refractivity contribution in [2.45, 2.75) is 26.7 Å². The minimum absolute atomic E-state index is 0.0482. The molecule has 5 heteroatoms. The van der Waals surface area contributed by atoms with E-state index in [-0.39, 0.29) is 5.91 Å². The monoisotopic (exact) mass is 262 g/mol. The van der Waals surface area contributed by atoms with E-state index in [9.17, 15) is 4.79 Å². The molecule has 3 N–H and O–H groups in total. The third-order valence-electron chi connectivity index (χ3n) is 3.74. The highest BCUT2D eigenvalue weighted by molar-refractivity contribution is 5.72. The van der Waals surface area contributed by atoms with Crippen molar-refractivity contribution in [1.82, 2.24) is 10.3 Å². The van der Waals surface area contributed by atoms with E-state index in [4.69, 9.17) is 5.73 Å². The molecule has 1 aliphatic rings. The van der Waals surface area contributed by atoms with Gasteiger partial charge in [0, 0.05) is 32.8 Å². The largest absolute Gasteiger partial charge is 0.396 e. The van der Waals surface area contributed by atoms with Crippen LogP contribution in [0.15, 0.2) is 12.3 Å². The summed E-state index contributed by atoms with van der Waals surface area (Å²) in [5.41, 5.74) is 7.94. The fourth-order valence-corrected chi connectivity index (χ4v) is 2.44. The van der Waals surface area contributed by atoms with Gasteiger partial charge in [-0.3, -0.25) is 4.79 Å². The van der Waals surface area contributed by atoms with Crippen molar-refractivity contribution in [1.29, 1.82) is 0 Å². The van der Waals surface area contributed by atoms with Crippen LogP contribution in [0, 0.1) is 12.8 Å². The SMILES string of the molecule is CC(=O)NCC1CCN(c2nccc(C)c2N)CC1. The molecular formula is C14H22N4O. The number of hydrogen-bond donors (Lipinski definition) is 2. The van der Waals surface area contributed by atoms with Crippen LogP contribution in [0.1, 0.15) is 25.3 Å². The van der Waals surface area contributed by atoms with Crippen LogP contribution >= 0.6 is 0 Å². The number of anilines is 2. The normalized spacial score (nSPS) is 16.4. The summed E-state index contributed by atoms with van der Waals surface area (Å²) < 4.78 is 0. The summed E-state index contributed by atoms with van der Waals surface area (Å²) in [4.78, 5) is 17.5. The van der Waals surface area contributed by atoms with Crippen LogP contribution in [0.4, 0.5) is 11.5 Å². The molecule has 1 fully saturated rings. The van der Waals surface area contributed by atoms with Crippen LogP contribution in [0.25, 0.3) is 0 Å². The van der Waals surface area contributed by atoms with Gasteiger partial charge in [0.05, 0.1) is 5.69 Å². The van der Waals surface area contributed by atoms with Gasteiger partial charge >= 0.3 is 0 Å². The lowest BCUT2D eigenvalue weighted by molar-refractivity contribution is -0.119. The second-order valence-corrected chi connectivity index (χ2v) is 5.23. The molecule has 1 aromatic rings. The number of piperidine rings is 1. The molecule has 1 amide bonds. The second-order valence-electron chi connectivity index (χ2n) is 5.23. The first-order valence-electron chi connectivity index (χ1n) is 6.78. The van der Waals surface area contributed by atoms with Gasteiger partial charge in [-0.15, -0.1) is 0 Å². The van der Waals surface area contributed by atoms with Crippen molar-refractivity contribution in [3.8, 4) is 0 Å². The molecule has 0 aliphatic carbocycles. The first-order valence-corrected chi connectivity index (χ1v) is 6.78. The van der Waals surface area contributed by atoms with Crippen LogP contribution < -0.4 is 16.0 Å². The van der Waals surface area contributed by atoms with E-state index in [1.165, 1.54) is 0 Å². The number of aryl methyl sites for hydroxylation is 1. The fourth-order valence-electron chi connectivity index (χ4n) is 2.44. The molecule has 0 radical (unpaired) electrons. The number of amides is 1. The third-order valence-corrected chi connectivity index (χ3v) is 3.74. The molecule has 0 atom stereocenters. The van der Waals surface area contributed by atoms with E-state index >= 15 is 0 Å². The topological polar surface area (TPSA) is 71.2 Å². The number of hydrogen-bond acceptors (Lipinski definition) is 4. The maximum absolute atomic E-state index is 10.9. The van der Waals surface area contributed by atoms with E-state index in [1.807, 2.05) is 19.2 Å². The van der Waals surface area contributed by atoms with Crippen molar-refractivity contribution < 1.29 is 4.79 Å². The van der Waals surface area contributed by atoms with Crippen molar-refractivity contribution in [3.63, 3.8) is 0 Å². The third kappa shape index (κ3) is 3.36. The van der Waals surface area contributed by atoms with Crippen molar-refractivity contribution in [2.75, 3.05) is 30.3 Å². The molecule has 0 spiro atoms. The predicted molar refractivity (Wildman–Crippen MR) is 77.0 cm³/mol. The number of aromatic nitrogens is 1. The quantitative estimate of drug-likeness (QED) is 0.862. The van der Waals surface area contributed by atoms with E-state index < -0.39 is 0 Å². The Balaban J connectivity index is 1.92. The van der Waals surface area contributed by atoms with E-state index in [1.54, 1.807) is 6.92 Å². The molecule has 104 valence electrons. The molecule has 19 heavy (non-hydrogen) atoms. The van der Waals surface area contributed by atoms with Gasteiger partial charge in [-0.1, -0.05) is 0 Å². The summed E-state index contributed by atoms with van der Waals surface area (Å²) in [6.07, 6.45) is 3.94. The highest BCUT2D eigenvalue weighted by Gasteiger charge is 2.21. The number of nitrogens with zero attached hydrogens (tertiary/aromatic N) is 2. The molecule has 0 aromatic carbocycles. The van der Waals surface area contributed by atoms with Gasteiger partial charge in [-0.05, 0) is 37.3 Å².